The van der Waals surface area contributed by atoms with E-state index in [1.807, 2.05) is 0 Å². The van der Waals surface area contributed by atoms with E-state index < -0.39 is 20.2 Å². The number of benzene rings is 2. The fourth-order valence-corrected chi connectivity index (χ4v) is 6.61. The monoisotopic (exact) mass is 441 g/mol. The van der Waals surface area contributed by atoms with Crippen LogP contribution in [0.15, 0.2) is 48.5 Å². The first-order valence-electron chi connectivity index (χ1n) is 8.91. The molecule has 0 atom stereocenters. The summed E-state index contributed by atoms with van der Waals surface area (Å²) in [5, 5.41) is 0.465. The van der Waals surface area contributed by atoms with E-state index in [9.17, 15) is 16.8 Å². The van der Waals surface area contributed by atoms with Crippen LogP contribution in [0.2, 0.25) is 5.02 Å². The molecular formula is C18H20ClN3O4S2. The number of fused-ring (bicyclic) bond motifs is 1. The second-order valence-corrected chi connectivity index (χ2v) is 10.9. The molecule has 0 saturated heterocycles. The van der Waals surface area contributed by atoms with Crippen LogP contribution in [0.1, 0.15) is 18.4 Å². The van der Waals surface area contributed by atoms with E-state index in [1.165, 1.54) is 8.61 Å². The van der Waals surface area contributed by atoms with Gasteiger partial charge < -0.3 is 0 Å². The highest BCUT2D eigenvalue weighted by Gasteiger charge is 2.47. The van der Waals surface area contributed by atoms with Crippen molar-refractivity contribution in [3.63, 3.8) is 0 Å². The summed E-state index contributed by atoms with van der Waals surface area (Å²) in [7, 11) is -7.31. The maximum atomic E-state index is 13.0. The average molecular weight is 442 g/mol. The first-order valence-corrected chi connectivity index (χ1v) is 12.3. The minimum Gasteiger partial charge on any atom is -0.250 e. The first-order chi connectivity index (χ1) is 13.3. The van der Waals surface area contributed by atoms with Crippen molar-refractivity contribution in [2.45, 2.75) is 24.6 Å². The third-order valence-corrected chi connectivity index (χ3v) is 8.20. The van der Waals surface area contributed by atoms with Crippen molar-refractivity contribution < 1.29 is 16.8 Å². The standard InChI is InChI=1S/C18H20ClN3O4S2/c19-15-5-3-4-14(12-15)13-27(23,24)20-10-11-21-17-6-1-2-7-18(17)22(16-8-9-16)28(21,25)26/h1-7,12,16,20H,8-11,13H2. The normalized spacial score (nSPS) is 18.3. The van der Waals surface area contributed by atoms with Gasteiger partial charge >= 0.3 is 10.2 Å². The van der Waals surface area contributed by atoms with Crippen molar-refractivity contribution >= 4 is 43.2 Å². The topological polar surface area (TPSA) is 86.8 Å². The molecule has 2 aromatic rings. The van der Waals surface area contributed by atoms with Gasteiger partial charge in [0.25, 0.3) is 0 Å². The molecule has 1 heterocycles. The average Bonchev–Trinajstić information content (AvgIpc) is 3.40. The van der Waals surface area contributed by atoms with Gasteiger partial charge in [0.2, 0.25) is 10.0 Å². The van der Waals surface area contributed by atoms with Crippen LogP contribution in [0.5, 0.6) is 0 Å². The summed E-state index contributed by atoms with van der Waals surface area (Å²) < 4.78 is 55.9. The lowest BCUT2D eigenvalue weighted by Crippen LogP contribution is -2.42. The lowest BCUT2D eigenvalue weighted by molar-refractivity contribution is 0.576. The van der Waals surface area contributed by atoms with Crippen molar-refractivity contribution in [2.24, 2.45) is 0 Å². The number of anilines is 2. The second kappa shape index (κ2) is 7.22. The van der Waals surface area contributed by atoms with Crippen LogP contribution < -0.4 is 13.3 Å². The number of hydrogen-bond acceptors (Lipinski definition) is 4. The second-order valence-electron chi connectivity index (χ2n) is 6.88. The first kappa shape index (κ1) is 19.5. The Labute approximate surface area is 170 Å². The third-order valence-electron chi connectivity index (χ3n) is 4.68. The largest absolute Gasteiger partial charge is 0.326 e. The van der Waals surface area contributed by atoms with E-state index in [4.69, 9.17) is 11.6 Å². The lowest BCUT2D eigenvalue weighted by Gasteiger charge is -2.21. The highest BCUT2D eigenvalue weighted by atomic mass is 35.5. The highest BCUT2D eigenvalue weighted by Crippen LogP contribution is 2.46. The smallest absolute Gasteiger partial charge is 0.250 e. The Balaban J connectivity index is 1.46. The summed E-state index contributed by atoms with van der Waals surface area (Å²) in [4.78, 5) is 0. The predicted octanol–water partition coefficient (Wildman–Crippen LogP) is 2.49. The predicted molar refractivity (Wildman–Crippen MR) is 110 cm³/mol. The quantitative estimate of drug-likeness (QED) is 0.715. The molecule has 1 N–H and O–H groups in total. The van der Waals surface area contributed by atoms with Gasteiger partial charge in [0, 0.05) is 24.2 Å². The Morgan fingerprint density at radius 1 is 1.07 bits per heavy atom. The molecule has 1 aliphatic heterocycles. The minimum absolute atomic E-state index is 0.00401. The molecule has 0 radical (unpaired) electrons. The van der Waals surface area contributed by atoms with Gasteiger partial charge in [-0.1, -0.05) is 35.9 Å². The molecule has 2 aromatic carbocycles. The van der Waals surface area contributed by atoms with E-state index in [-0.39, 0.29) is 24.9 Å². The molecule has 0 spiro atoms. The van der Waals surface area contributed by atoms with Gasteiger partial charge in [-0.05, 0) is 42.7 Å². The zero-order valence-electron chi connectivity index (χ0n) is 15.0. The van der Waals surface area contributed by atoms with E-state index >= 15 is 0 Å². The number of nitrogens with zero attached hydrogens (tertiary/aromatic N) is 2. The maximum absolute atomic E-state index is 13.0. The number of sulfonamides is 1. The lowest BCUT2D eigenvalue weighted by atomic mass is 10.2. The van der Waals surface area contributed by atoms with Crippen LogP contribution in [-0.2, 0) is 26.0 Å². The Kier molecular flexibility index (Phi) is 5.03. The molecule has 1 aliphatic carbocycles. The van der Waals surface area contributed by atoms with Crippen molar-refractivity contribution in [3.8, 4) is 0 Å². The van der Waals surface area contributed by atoms with Crippen LogP contribution in [0.25, 0.3) is 0 Å². The van der Waals surface area contributed by atoms with E-state index in [1.54, 1.807) is 48.5 Å². The summed E-state index contributed by atoms with van der Waals surface area (Å²) in [6.45, 7) is 0.00626. The fraction of sp³-hybridized carbons (Fsp3) is 0.333. The molecule has 150 valence electrons. The number of para-hydroxylation sites is 2. The summed E-state index contributed by atoms with van der Waals surface area (Å²) in [5.74, 6) is -0.217. The number of nitrogens with one attached hydrogen (secondary N) is 1. The Morgan fingerprint density at radius 3 is 2.46 bits per heavy atom. The van der Waals surface area contributed by atoms with Crippen LogP contribution in [0.3, 0.4) is 0 Å². The molecule has 0 amide bonds. The summed E-state index contributed by atoms with van der Waals surface area (Å²) in [5.41, 5.74) is 1.81. The third kappa shape index (κ3) is 3.84. The number of halogens is 1. The molecule has 7 nitrogen and oxygen atoms in total. The SMILES string of the molecule is O=S(=O)(Cc1cccc(Cl)c1)NCCN1c2ccccc2N(C2CC2)S1(=O)=O. The Morgan fingerprint density at radius 2 is 1.79 bits per heavy atom. The molecule has 0 unspecified atom stereocenters. The van der Waals surface area contributed by atoms with E-state index in [0.717, 1.165) is 12.8 Å². The van der Waals surface area contributed by atoms with Gasteiger partial charge in [0.1, 0.15) is 0 Å². The van der Waals surface area contributed by atoms with Crippen LogP contribution in [-0.4, -0.2) is 36.0 Å². The maximum Gasteiger partial charge on any atom is 0.326 e. The molecule has 10 heteroatoms. The Hall–Kier alpha value is -1.81. The van der Waals surface area contributed by atoms with Gasteiger partial charge in [0.05, 0.1) is 17.1 Å². The molecule has 0 aromatic heterocycles. The van der Waals surface area contributed by atoms with Gasteiger partial charge in [-0.15, -0.1) is 0 Å². The van der Waals surface area contributed by atoms with Crippen molar-refractivity contribution in [3.05, 3.63) is 59.1 Å². The number of rotatable bonds is 7. The molecular weight excluding hydrogens is 422 g/mol. The number of hydrogen-bond donors (Lipinski definition) is 1. The van der Waals surface area contributed by atoms with Crippen molar-refractivity contribution in [1.82, 2.24) is 4.72 Å². The van der Waals surface area contributed by atoms with Crippen LogP contribution in [0, 0.1) is 0 Å². The molecule has 1 fully saturated rings. The summed E-state index contributed by atoms with van der Waals surface area (Å²) >= 11 is 5.89. The zero-order chi connectivity index (χ0) is 19.9. The fourth-order valence-electron chi connectivity index (χ4n) is 3.35. The molecule has 1 saturated carbocycles. The Bertz CT molecular complexity index is 1100. The molecule has 28 heavy (non-hydrogen) atoms. The van der Waals surface area contributed by atoms with Crippen molar-refractivity contribution in [1.29, 1.82) is 0 Å². The molecule has 0 bridgehead atoms. The summed E-state index contributed by atoms with van der Waals surface area (Å²) in [6.07, 6.45) is 1.68. The van der Waals surface area contributed by atoms with Gasteiger partial charge in [-0.3, -0.25) is 0 Å². The molecule has 2 aliphatic rings. The van der Waals surface area contributed by atoms with Crippen LogP contribution >= 0.6 is 11.6 Å². The summed E-state index contributed by atoms with van der Waals surface area (Å²) in [6, 6.07) is 13.7. The highest BCUT2D eigenvalue weighted by molar-refractivity contribution is 7.94. The minimum atomic E-state index is -3.69. The van der Waals surface area contributed by atoms with E-state index in [0.29, 0.717) is 22.0 Å². The van der Waals surface area contributed by atoms with Crippen molar-refractivity contribution in [2.75, 3.05) is 21.7 Å². The molecule has 4 rings (SSSR count). The van der Waals surface area contributed by atoms with Crippen LogP contribution in [0.4, 0.5) is 11.4 Å². The van der Waals surface area contributed by atoms with Gasteiger partial charge in [-0.25, -0.2) is 21.8 Å². The van der Waals surface area contributed by atoms with Gasteiger partial charge in [-0.2, -0.15) is 8.42 Å². The zero-order valence-corrected chi connectivity index (χ0v) is 17.3. The van der Waals surface area contributed by atoms with E-state index in [2.05, 4.69) is 4.72 Å². The van der Waals surface area contributed by atoms with Gasteiger partial charge in [0.15, 0.2) is 0 Å².